The Kier molecular flexibility index (Phi) is 3.16. The number of nitrogens with one attached hydrogen (secondary N) is 1. The lowest BCUT2D eigenvalue weighted by Gasteiger charge is -2.17. The molecule has 0 heterocycles. The Hall–Kier alpha value is -0.620. The van der Waals surface area contributed by atoms with Gasteiger partial charge in [-0.3, -0.25) is 4.79 Å². The van der Waals surface area contributed by atoms with Gasteiger partial charge in [0.1, 0.15) is 0 Å². The molecule has 0 spiro atoms. The second-order valence-electron chi connectivity index (χ2n) is 3.87. The summed E-state index contributed by atoms with van der Waals surface area (Å²) in [6.45, 7) is 3.31. The van der Waals surface area contributed by atoms with Crippen LogP contribution in [-0.2, 0) is 15.0 Å². The van der Waals surface area contributed by atoms with Crippen LogP contribution in [0.4, 0.5) is 0 Å². The average Bonchev–Trinajstić information content (AvgIpc) is 2.84. The fourth-order valence-electron chi connectivity index (χ4n) is 0.951. The van der Waals surface area contributed by atoms with Gasteiger partial charge in [0.2, 0.25) is 5.91 Å². The molecule has 0 aromatic heterocycles. The van der Waals surface area contributed by atoms with E-state index in [1.165, 1.54) is 11.4 Å². The Morgan fingerprint density at radius 3 is 2.29 bits per heavy atom. The lowest BCUT2D eigenvalue weighted by molar-refractivity contribution is -0.122. The first-order chi connectivity index (χ1) is 6.34. The van der Waals surface area contributed by atoms with Gasteiger partial charge in [-0.25, -0.2) is 4.72 Å². The maximum Gasteiger partial charge on any atom is 0.303 e. The summed E-state index contributed by atoms with van der Waals surface area (Å²) in [5.41, 5.74) is 0. The van der Waals surface area contributed by atoms with Gasteiger partial charge in [0, 0.05) is 19.0 Å². The van der Waals surface area contributed by atoms with E-state index in [1.807, 2.05) is 4.72 Å². The Balaban J connectivity index is 2.61. The van der Waals surface area contributed by atoms with Crippen molar-refractivity contribution in [3.8, 4) is 0 Å². The Morgan fingerprint density at radius 1 is 1.43 bits per heavy atom. The minimum atomic E-state index is -3.61. The number of nitrogens with zero attached hydrogens (tertiary/aromatic N) is 1. The Morgan fingerprint density at radius 2 is 1.93 bits per heavy atom. The molecule has 1 aliphatic carbocycles. The molecule has 0 aromatic carbocycles. The summed E-state index contributed by atoms with van der Waals surface area (Å²) in [5, 5.41) is 0. The third-order valence-electron chi connectivity index (χ3n) is 2.19. The van der Waals surface area contributed by atoms with E-state index >= 15 is 0 Å². The molecule has 1 N–H and O–H groups in total. The van der Waals surface area contributed by atoms with Gasteiger partial charge in [-0.1, -0.05) is 13.8 Å². The molecule has 0 aliphatic heterocycles. The zero-order valence-electron chi connectivity index (χ0n) is 8.65. The summed E-state index contributed by atoms with van der Waals surface area (Å²) in [6, 6.07) is 0.0764. The summed E-state index contributed by atoms with van der Waals surface area (Å²) < 4.78 is 26.3. The second kappa shape index (κ2) is 3.86. The summed E-state index contributed by atoms with van der Waals surface area (Å²) in [7, 11) is -2.11. The first-order valence-corrected chi connectivity index (χ1v) is 6.08. The molecule has 82 valence electrons. The van der Waals surface area contributed by atoms with Gasteiger partial charge in [-0.05, 0) is 12.8 Å². The van der Waals surface area contributed by atoms with E-state index in [1.54, 1.807) is 13.8 Å². The Bertz CT molecular complexity index is 319. The molecule has 0 atom stereocenters. The molecule has 1 amide bonds. The van der Waals surface area contributed by atoms with Gasteiger partial charge >= 0.3 is 10.2 Å². The monoisotopic (exact) mass is 220 g/mol. The molecule has 1 fully saturated rings. The van der Waals surface area contributed by atoms with Crippen LogP contribution in [0.25, 0.3) is 0 Å². The minimum Gasteiger partial charge on any atom is -0.274 e. The first kappa shape index (κ1) is 11.5. The van der Waals surface area contributed by atoms with E-state index in [0.717, 1.165) is 12.8 Å². The second-order valence-corrected chi connectivity index (χ2v) is 5.60. The van der Waals surface area contributed by atoms with Crippen molar-refractivity contribution in [3.63, 3.8) is 0 Å². The van der Waals surface area contributed by atoms with Crippen LogP contribution in [0.5, 0.6) is 0 Å². The average molecular weight is 220 g/mol. The third-order valence-corrected chi connectivity index (χ3v) is 3.71. The quantitative estimate of drug-likeness (QED) is 0.730. The van der Waals surface area contributed by atoms with E-state index in [-0.39, 0.29) is 12.0 Å². The summed E-state index contributed by atoms with van der Waals surface area (Å²) >= 11 is 0. The van der Waals surface area contributed by atoms with Crippen LogP contribution in [0.2, 0.25) is 0 Å². The van der Waals surface area contributed by atoms with Crippen molar-refractivity contribution in [2.45, 2.75) is 32.7 Å². The fourth-order valence-corrected chi connectivity index (χ4v) is 2.19. The molecule has 1 aliphatic rings. The highest BCUT2D eigenvalue weighted by Gasteiger charge is 2.35. The highest BCUT2D eigenvalue weighted by molar-refractivity contribution is 7.87. The minimum absolute atomic E-state index is 0.0764. The SMILES string of the molecule is CC(C)C(=O)NS(=O)(=O)N(C)C1CC1. The van der Waals surface area contributed by atoms with Gasteiger partial charge in [0.25, 0.3) is 0 Å². The van der Waals surface area contributed by atoms with Crippen molar-refractivity contribution in [1.29, 1.82) is 0 Å². The number of carbonyl (C=O) groups is 1. The van der Waals surface area contributed by atoms with E-state index in [0.29, 0.717) is 0 Å². The molecule has 0 saturated heterocycles. The molecule has 6 heteroatoms. The summed E-state index contributed by atoms with van der Waals surface area (Å²) in [4.78, 5) is 11.2. The highest BCUT2D eigenvalue weighted by Crippen LogP contribution is 2.26. The number of hydrogen-bond acceptors (Lipinski definition) is 3. The van der Waals surface area contributed by atoms with Gasteiger partial charge in [-0.15, -0.1) is 0 Å². The van der Waals surface area contributed by atoms with E-state index in [4.69, 9.17) is 0 Å². The van der Waals surface area contributed by atoms with Crippen LogP contribution >= 0.6 is 0 Å². The first-order valence-electron chi connectivity index (χ1n) is 4.64. The Labute approximate surface area is 84.7 Å². The van der Waals surface area contributed by atoms with Crippen LogP contribution in [0.3, 0.4) is 0 Å². The predicted molar refractivity (Wildman–Crippen MR) is 52.7 cm³/mol. The molecular weight excluding hydrogens is 204 g/mol. The number of carbonyl (C=O) groups excluding carboxylic acids is 1. The predicted octanol–water partition coefficient (Wildman–Crippen LogP) is 0.0976. The molecule has 1 saturated carbocycles. The molecule has 5 nitrogen and oxygen atoms in total. The molecular formula is C8H16N2O3S. The normalized spacial score (nSPS) is 17.5. The molecule has 14 heavy (non-hydrogen) atoms. The maximum atomic E-state index is 11.5. The van der Waals surface area contributed by atoms with Gasteiger partial charge < -0.3 is 0 Å². The van der Waals surface area contributed by atoms with Crippen LogP contribution in [0.1, 0.15) is 26.7 Å². The van der Waals surface area contributed by atoms with E-state index < -0.39 is 16.1 Å². The standard InChI is InChI=1S/C8H16N2O3S/c1-6(2)8(11)9-14(12,13)10(3)7-4-5-7/h6-7H,4-5H2,1-3H3,(H,9,11). The van der Waals surface area contributed by atoms with E-state index in [9.17, 15) is 13.2 Å². The van der Waals surface area contributed by atoms with Crippen molar-refractivity contribution in [2.75, 3.05) is 7.05 Å². The van der Waals surface area contributed by atoms with Crippen molar-refractivity contribution < 1.29 is 13.2 Å². The van der Waals surface area contributed by atoms with Crippen molar-refractivity contribution >= 4 is 16.1 Å². The number of amides is 1. The van der Waals surface area contributed by atoms with Crippen LogP contribution in [-0.4, -0.2) is 31.7 Å². The topological polar surface area (TPSA) is 66.5 Å². The van der Waals surface area contributed by atoms with Gasteiger partial charge in [0.05, 0.1) is 0 Å². The lowest BCUT2D eigenvalue weighted by Crippen LogP contribution is -2.43. The van der Waals surface area contributed by atoms with E-state index in [2.05, 4.69) is 0 Å². The zero-order chi connectivity index (χ0) is 10.9. The van der Waals surface area contributed by atoms with Crippen molar-refractivity contribution in [3.05, 3.63) is 0 Å². The maximum absolute atomic E-state index is 11.5. The fraction of sp³-hybridized carbons (Fsp3) is 0.875. The van der Waals surface area contributed by atoms with Gasteiger partial charge in [-0.2, -0.15) is 12.7 Å². The zero-order valence-corrected chi connectivity index (χ0v) is 9.47. The largest absolute Gasteiger partial charge is 0.303 e. The smallest absolute Gasteiger partial charge is 0.274 e. The van der Waals surface area contributed by atoms with Crippen LogP contribution in [0, 0.1) is 5.92 Å². The number of hydrogen-bond donors (Lipinski definition) is 1. The summed E-state index contributed by atoms with van der Waals surface area (Å²) in [5.74, 6) is -0.783. The lowest BCUT2D eigenvalue weighted by atomic mass is 10.2. The number of rotatable bonds is 4. The molecule has 0 radical (unpaired) electrons. The molecule has 0 bridgehead atoms. The summed E-state index contributed by atoms with van der Waals surface area (Å²) in [6.07, 6.45) is 1.76. The highest BCUT2D eigenvalue weighted by atomic mass is 32.2. The van der Waals surface area contributed by atoms with Crippen molar-refractivity contribution in [1.82, 2.24) is 9.03 Å². The molecule has 1 rings (SSSR count). The molecule has 0 unspecified atom stereocenters. The van der Waals surface area contributed by atoms with Gasteiger partial charge in [0.15, 0.2) is 0 Å². The van der Waals surface area contributed by atoms with Crippen LogP contribution in [0.15, 0.2) is 0 Å². The van der Waals surface area contributed by atoms with Crippen LogP contribution < -0.4 is 4.72 Å². The molecule has 0 aromatic rings. The third kappa shape index (κ3) is 2.68. The van der Waals surface area contributed by atoms with Crippen molar-refractivity contribution in [2.24, 2.45) is 5.92 Å².